The normalized spacial score (nSPS) is 9.27. The zero-order chi connectivity index (χ0) is 8.27. The molecule has 0 atom stereocenters. The van der Waals surface area contributed by atoms with Crippen LogP contribution < -0.4 is 4.90 Å². The molecule has 1 aromatic rings. The molecule has 0 aliphatic heterocycles. The van der Waals surface area contributed by atoms with Crippen molar-refractivity contribution in [3.8, 4) is 0 Å². The molecule has 11 heavy (non-hydrogen) atoms. The minimum Gasteiger partial charge on any atom is -0.347 e. The highest BCUT2D eigenvalue weighted by atomic mass is 16.1. The highest BCUT2D eigenvalue weighted by Crippen LogP contribution is 2.00. The van der Waals surface area contributed by atoms with Crippen LogP contribution >= 0.6 is 0 Å². The molecule has 0 fully saturated rings. The highest BCUT2D eigenvalue weighted by Gasteiger charge is 1.98. The van der Waals surface area contributed by atoms with Crippen LogP contribution in [0.2, 0.25) is 0 Å². The monoisotopic (exact) mass is 151 g/mol. The first-order valence-corrected chi connectivity index (χ1v) is 3.19. The molecule has 0 N–H and O–H groups in total. The summed E-state index contributed by atoms with van der Waals surface area (Å²) >= 11 is 0. The molecule has 1 aromatic heterocycles. The summed E-state index contributed by atoms with van der Waals surface area (Å²) in [6.07, 6.45) is 2.26. The van der Waals surface area contributed by atoms with Gasteiger partial charge in [-0.25, -0.2) is 9.97 Å². The van der Waals surface area contributed by atoms with Crippen molar-refractivity contribution >= 4 is 12.2 Å². The lowest BCUT2D eigenvalue weighted by molar-refractivity contribution is 0.111. The highest BCUT2D eigenvalue weighted by molar-refractivity contribution is 5.71. The fraction of sp³-hybridized carbons (Fsp3) is 0.286. The first kappa shape index (κ1) is 7.65. The lowest BCUT2D eigenvalue weighted by Gasteiger charge is -2.08. The zero-order valence-corrected chi connectivity index (χ0v) is 6.48. The maximum atomic E-state index is 10.3. The first-order valence-electron chi connectivity index (χ1n) is 3.19. The molecule has 1 heterocycles. The zero-order valence-electron chi connectivity index (χ0n) is 6.48. The van der Waals surface area contributed by atoms with Gasteiger partial charge in [-0.2, -0.15) is 0 Å². The van der Waals surface area contributed by atoms with Crippen LogP contribution in [0.3, 0.4) is 0 Å². The van der Waals surface area contributed by atoms with Crippen LogP contribution in [0.1, 0.15) is 10.5 Å². The van der Waals surface area contributed by atoms with Crippen LogP contribution in [-0.2, 0) is 0 Å². The van der Waals surface area contributed by atoms with E-state index in [1.165, 1.54) is 0 Å². The van der Waals surface area contributed by atoms with Crippen molar-refractivity contribution in [1.29, 1.82) is 0 Å². The maximum Gasteiger partial charge on any atom is 0.225 e. The van der Waals surface area contributed by atoms with Gasteiger partial charge >= 0.3 is 0 Å². The van der Waals surface area contributed by atoms with E-state index < -0.39 is 0 Å². The van der Waals surface area contributed by atoms with Crippen molar-refractivity contribution < 1.29 is 4.79 Å². The lowest BCUT2D eigenvalue weighted by atomic mass is 10.4. The van der Waals surface area contributed by atoms with Gasteiger partial charge in [0.2, 0.25) is 5.95 Å². The standard InChI is InChI=1S/C7H9N3O/c1-10(2)7-8-4-3-6(5-11)9-7/h3-5H,1-2H3. The lowest BCUT2D eigenvalue weighted by Crippen LogP contribution is -2.13. The number of nitrogens with zero attached hydrogens (tertiary/aromatic N) is 3. The Morgan fingerprint density at radius 3 is 2.82 bits per heavy atom. The Morgan fingerprint density at radius 1 is 1.55 bits per heavy atom. The molecule has 0 bridgehead atoms. The second-order valence-corrected chi connectivity index (χ2v) is 2.29. The topological polar surface area (TPSA) is 46.1 Å². The number of anilines is 1. The molecule has 0 radical (unpaired) electrons. The summed E-state index contributed by atoms with van der Waals surface area (Å²) in [5, 5.41) is 0. The van der Waals surface area contributed by atoms with Crippen molar-refractivity contribution in [3.63, 3.8) is 0 Å². The minimum atomic E-state index is 0.406. The van der Waals surface area contributed by atoms with Gasteiger partial charge in [0.05, 0.1) is 0 Å². The van der Waals surface area contributed by atoms with Gasteiger partial charge in [0.25, 0.3) is 0 Å². The molecule has 58 valence electrons. The van der Waals surface area contributed by atoms with Crippen molar-refractivity contribution in [2.75, 3.05) is 19.0 Å². The number of hydrogen-bond donors (Lipinski definition) is 0. The predicted molar refractivity (Wildman–Crippen MR) is 41.7 cm³/mol. The van der Waals surface area contributed by atoms with E-state index in [0.29, 0.717) is 17.9 Å². The Labute approximate surface area is 64.9 Å². The molecule has 0 aliphatic carbocycles. The third-order valence-electron chi connectivity index (χ3n) is 1.19. The predicted octanol–water partition coefficient (Wildman–Crippen LogP) is 0.355. The molecule has 0 saturated heterocycles. The molecule has 1 rings (SSSR count). The second-order valence-electron chi connectivity index (χ2n) is 2.29. The van der Waals surface area contributed by atoms with Crippen LogP contribution in [0.4, 0.5) is 5.95 Å². The van der Waals surface area contributed by atoms with E-state index in [-0.39, 0.29) is 0 Å². The Kier molecular flexibility index (Phi) is 2.15. The van der Waals surface area contributed by atoms with Crippen LogP contribution in [0.15, 0.2) is 12.3 Å². The van der Waals surface area contributed by atoms with Gasteiger partial charge in [0, 0.05) is 20.3 Å². The number of rotatable bonds is 2. The number of carbonyl (C=O) groups is 1. The molecule has 0 amide bonds. The average molecular weight is 151 g/mol. The number of hydrogen-bond acceptors (Lipinski definition) is 4. The molecule has 4 nitrogen and oxygen atoms in total. The summed E-state index contributed by atoms with van der Waals surface area (Å²) in [4.78, 5) is 19.9. The number of aldehydes is 1. The summed E-state index contributed by atoms with van der Waals surface area (Å²) in [5.41, 5.74) is 0.406. The molecular formula is C7H9N3O. The smallest absolute Gasteiger partial charge is 0.225 e. The van der Waals surface area contributed by atoms with Crippen LogP contribution in [0, 0.1) is 0 Å². The summed E-state index contributed by atoms with van der Waals surface area (Å²) < 4.78 is 0. The van der Waals surface area contributed by atoms with Crippen LogP contribution in [0.25, 0.3) is 0 Å². The minimum absolute atomic E-state index is 0.406. The van der Waals surface area contributed by atoms with Crippen molar-refractivity contribution in [1.82, 2.24) is 9.97 Å². The second kappa shape index (κ2) is 3.09. The summed E-state index contributed by atoms with van der Waals surface area (Å²) in [6.45, 7) is 0. The maximum absolute atomic E-state index is 10.3. The molecule has 0 aromatic carbocycles. The quantitative estimate of drug-likeness (QED) is 0.572. The van der Waals surface area contributed by atoms with E-state index in [0.717, 1.165) is 0 Å². The van der Waals surface area contributed by atoms with Gasteiger partial charge in [-0.05, 0) is 6.07 Å². The third-order valence-corrected chi connectivity index (χ3v) is 1.19. The van der Waals surface area contributed by atoms with Gasteiger partial charge in [0.1, 0.15) is 5.69 Å². The molecule has 0 unspecified atom stereocenters. The van der Waals surface area contributed by atoms with E-state index in [9.17, 15) is 4.79 Å². The Morgan fingerprint density at radius 2 is 2.27 bits per heavy atom. The largest absolute Gasteiger partial charge is 0.347 e. The molecule has 0 saturated carbocycles. The summed E-state index contributed by atoms with van der Waals surface area (Å²) in [5.74, 6) is 0.551. The summed E-state index contributed by atoms with van der Waals surface area (Å²) in [6, 6.07) is 1.57. The van der Waals surface area contributed by atoms with E-state index >= 15 is 0 Å². The SMILES string of the molecule is CN(C)c1nccc(C=O)n1. The van der Waals surface area contributed by atoms with Crippen LogP contribution in [-0.4, -0.2) is 30.3 Å². The van der Waals surface area contributed by atoms with Gasteiger partial charge in [-0.1, -0.05) is 0 Å². The molecule has 0 spiro atoms. The van der Waals surface area contributed by atoms with E-state index in [2.05, 4.69) is 9.97 Å². The Balaban J connectivity index is 3.00. The van der Waals surface area contributed by atoms with Gasteiger partial charge < -0.3 is 4.90 Å². The Bertz CT molecular complexity index is 260. The fourth-order valence-electron chi connectivity index (χ4n) is 0.643. The third kappa shape index (κ3) is 1.73. The molecular weight excluding hydrogens is 142 g/mol. The van der Waals surface area contributed by atoms with Crippen molar-refractivity contribution in [3.05, 3.63) is 18.0 Å². The molecule has 0 aliphatic rings. The van der Waals surface area contributed by atoms with E-state index in [4.69, 9.17) is 0 Å². The number of carbonyl (C=O) groups excluding carboxylic acids is 1. The van der Waals surface area contributed by atoms with Gasteiger partial charge in [-0.3, -0.25) is 4.79 Å². The first-order chi connectivity index (χ1) is 5.24. The van der Waals surface area contributed by atoms with E-state index in [1.807, 2.05) is 14.1 Å². The number of aromatic nitrogens is 2. The molecule has 4 heteroatoms. The summed E-state index contributed by atoms with van der Waals surface area (Å²) in [7, 11) is 3.65. The fourth-order valence-corrected chi connectivity index (χ4v) is 0.643. The van der Waals surface area contributed by atoms with Crippen molar-refractivity contribution in [2.45, 2.75) is 0 Å². The van der Waals surface area contributed by atoms with E-state index in [1.54, 1.807) is 17.2 Å². The van der Waals surface area contributed by atoms with Crippen molar-refractivity contribution in [2.24, 2.45) is 0 Å². The van der Waals surface area contributed by atoms with Gasteiger partial charge in [-0.15, -0.1) is 0 Å². The van der Waals surface area contributed by atoms with Crippen LogP contribution in [0.5, 0.6) is 0 Å². The Hall–Kier alpha value is -1.45. The van der Waals surface area contributed by atoms with Gasteiger partial charge in [0.15, 0.2) is 6.29 Å². The average Bonchev–Trinajstić information content (AvgIpc) is 2.05.